The zero-order valence-corrected chi connectivity index (χ0v) is 8.63. The van der Waals surface area contributed by atoms with Crippen molar-refractivity contribution >= 4 is 5.97 Å². The van der Waals surface area contributed by atoms with E-state index in [1.807, 2.05) is 6.92 Å². The normalized spacial score (nSPS) is 12.5. The van der Waals surface area contributed by atoms with Crippen LogP contribution in [0.1, 0.15) is 20.3 Å². The average molecular weight is 189 g/mol. The molecule has 0 aliphatic heterocycles. The van der Waals surface area contributed by atoms with E-state index in [9.17, 15) is 4.79 Å². The van der Waals surface area contributed by atoms with Gasteiger partial charge in [-0.15, -0.1) is 0 Å². The molecule has 0 aliphatic rings. The number of carbonyl (C=O) groups excluding carboxylic acids is 1. The van der Waals surface area contributed by atoms with Gasteiger partial charge in [-0.1, -0.05) is 6.92 Å². The Kier molecular flexibility index (Phi) is 7.63. The fourth-order valence-corrected chi connectivity index (χ4v) is 0.900. The van der Waals surface area contributed by atoms with Gasteiger partial charge >= 0.3 is 5.97 Å². The summed E-state index contributed by atoms with van der Waals surface area (Å²) in [7, 11) is 1.47. The van der Waals surface area contributed by atoms with Crippen molar-refractivity contribution in [1.29, 1.82) is 0 Å². The first-order valence-corrected chi connectivity index (χ1v) is 4.59. The molecule has 0 fully saturated rings. The van der Waals surface area contributed by atoms with Crippen LogP contribution in [0.25, 0.3) is 0 Å². The Bertz CT molecular complexity index is 139. The minimum Gasteiger partial charge on any atom is -0.460 e. The summed E-state index contributed by atoms with van der Waals surface area (Å²) < 4.78 is 9.65. The van der Waals surface area contributed by atoms with Crippen molar-refractivity contribution < 1.29 is 14.3 Å². The van der Waals surface area contributed by atoms with Gasteiger partial charge < -0.3 is 14.8 Å². The molecule has 0 aromatic heterocycles. The monoisotopic (exact) mass is 189 g/mol. The van der Waals surface area contributed by atoms with E-state index < -0.39 is 0 Å². The maximum atomic E-state index is 10.9. The Labute approximate surface area is 79.6 Å². The zero-order chi connectivity index (χ0) is 10.1. The van der Waals surface area contributed by atoms with Gasteiger partial charge in [0.1, 0.15) is 12.7 Å². The fraction of sp³-hybridized carbons (Fsp3) is 0.889. The first-order valence-electron chi connectivity index (χ1n) is 4.59. The number of rotatable bonds is 7. The maximum Gasteiger partial charge on any atom is 0.332 e. The topological polar surface area (TPSA) is 47.6 Å². The molecule has 0 rings (SSSR count). The number of ether oxygens (including phenoxy) is 2. The summed E-state index contributed by atoms with van der Waals surface area (Å²) in [5.41, 5.74) is 0. The highest BCUT2D eigenvalue weighted by atomic mass is 16.6. The lowest BCUT2D eigenvalue weighted by Gasteiger charge is -2.13. The van der Waals surface area contributed by atoms with Crippen molar-refractivity contribution in [3.8, 4) is 0 Å². The predicted molar refractivity (Wildman–Crippen MR) is 50.6 cm³/mol. The summed E-state index contributed by atoms with van der Waals surface area (Å²) in [5, 5.41) is 3.16. The summed E-state index contributed by atoms with van der Waals surface area (Å²) in [6, 6.07) is 0. The molecule has 1 atom stereocenters. The highest BCUT2D eigenvalue weighted by molar-refractivity contribution is 5.70. The summed E-state index contributed by atoms with van der Waals surface area (Å²) in [6.45, 7) is 5.62. The van der Waals surface area contributed by atoms with Crippen molar-refractivity contribution in [2.45, 2.75) is 26.4 Å². The molecule has 0 saturated heterocycles. The van der Waals surface area contributed by atoms with E-state index in [-0.39, 0.29) is 18.7 Å². The Balaban J connectivity index is 3.38. The highest BCUT2D eigenvalue weighted by Crippen LogP contribution is 1.90. The van der Waals surface area contributed by atoms with Crippen LogP contribution in [0.2, 0.25) is 0 Å². The van der Waals surface area contributed by atoms with Crippen molar-refractivity contribution in [3.63, 3.8) is 0 Å². The zero-order valence-electron chi connectivity index (χ0n) is 8.63. The van der Waals surface area contributed by atoms with Gasteiger partial charge in [0.2, 0.25) is 0 Å². The number of hydrogen-bond donors (Lipinski definition) is 1. The first-order chi connectivity index (χ1) is 6.20. The molecule has 1 N–H and O–H groups in total. The lowest BCUT2D eigenvalue weighted by Crippen LogP contribution is -2.30. The van der Waals surface area contributed by atoms with E-state index in [4.69, 9.17) is 4.74 Å². The Morgan fingerprint density at radius 3 is 2.77 bits per heavy atom. The maximum absolute atomic E-state index is 10.9. The standard InChI is InChI=1S/C9H19NO3/c1-4-5-10-6-8(2)13-9(11)7-12-3/h8,10H,4-7H2,1-3H3. The molecule has 0 aliphatic carbocycles. The molecule has 0 amide bonds. The van der Waals surface area contributed by atoms with Gasteiger partial charge in [0.05, 0.1) is 0 Å². The van der Waals surface area contributed by atoms with Crippen molar-refractivity contribution in [1.82, 2.24) is 5.32 Å². The Morgan fingerprint density at radius 2 is 2.23 bits per heavy atom. The molecule has 0 radical (unpaired) electrons. The first kappa shape index (κ1) is 12.4. The third-order valence-electron chi connectivity index (χ3n) is 1.45. The SMILES string of the molecule is CCCNCC(C)OC(=O)COC. The molecule has 1 unspecified atom stereocenters. The molecule has 0 aromatic rings. The van der Waals surface area contributed by atoms with Crippen molar-refractivity contribution in [3.05, 3.63) is 0 Å². The molecule has 13 heavy (non-hydrogen) atoms. The Hall–Kier alpha value is -0.610. The smallest absolute Gasteiger partial charge is 0.332 e. The van der Waals surface area contributed by atoms with Crippen molar-refractivity contribution in [2.75, 3.05) is 26.8 Å². The molecule has 0 saturated carbocycles. The lowest BCUT2D eigenvalue weighted by atomic mass is 10.4. The van der Waals surface area contributed by atoms with Crippen LogP contribution in [0.4, 0.5) is 0 Å². The largest absolute Gasteiger partial charge is 0.460 e. The Morgan fingerprint density at radius 1 is 1.54 bits per heavy atom. The molecule has 78 valence electrons. The van der Waals surface area contributed by atoms with E-state index in [1.165, 1.54) is 7.11 Å². The van der Waals surface area contributed by atoms with Gasteiger partial charge in [0, 0.05) is 13.7 Å². The number of nitrogens with one attached hydrogen (secondary N) is 1. The number of carbonyl (C=O) groups is 1. The summed E-state index contributed by atoms with van der Waals surface area (Å²) in [5.74, 6) is -0.312. The molecule has 0 spiro atoms. The molecule has 4 heteroatoms. The lowest BCUT2D eigenvalue weighted by molar-refractivity contribution is -0.152. The minimum absolute atomic E-state index is 0.0259. The van der Waals surface area contributed by atoms with Gasteiger partial charge in [-0.2, -0.15) is 0 Å². The molecule has 4 nitrogen and oxygen atoms in total. The quantitative estimate of drug-likeness (QED) is 0.469. The number of esters is 1. The number of hydrogen-bond acceptors (Lipinski definition) is 4. The van der Waals surface area contributed by atoms with E-state index in [1.54, 1.807) is 0 Å². The summed E-state index contributed by atoms with van der Waals surface area (Å²) in [6.07, 6.45) is 0.993. The van der Waals surface area contributed by atoms with Gasteiger partial charge in [-0.05, 0) is 19.9 Å². The number of methoxy groups -OCH3 is 1. The third kappa shape index (κ3) is 7.74. The van der Waals surface area contributed by atoms with Gasteiger partial charge in [0.25, 0.3) is 0 Å². The molecular weight excluding hydrogens is 170 g/mol. The van der Waals surface area contributed by atoms with E-state index in [0.29, 0.717) is 6.54 Å². The summed E-state index contributed by atoms with van der Waals surface area (Å²) >= 11 is 0. The van der Waals surface area contributed by atoms with E-state index in [2.05, 4.69) is 17.0 Å². The van der Waals surface area contributed by atoms with Crippen LogP contribution in [0.5, 0.6) is 0 Å². The minimum atomic E-state index is -0.312. The van der Waals surface area contributed by atoms with Crippen LogP contribution >= 0.6 is 0 Å². The van der Waals surface area contributed by atoms with Crippen LogP contribution in [0.15, 0.2) is 0 Å². The second kappa shape index (κ2) is 8.01. The van der Waals surface area contributed by atoms with Crippen LogP contribution in [0, 0.1) is 0 Å². The van der Waals surface area contributed by atoms with Crippen LogP contribution < -0.4 is 5.32 Å². The van der Waals surface area contributed by atoms with Crippen LogP contribution in [-0.4, -0.2) is 38.9 Å². The molecule has 0 aromatic carbocycles. The van der Waals surface area contributed by atoms with Gasteiger partial charge in [-0.3, -0.25) is 0 Å². The van der Waals surface area contributed by atoms with Gasteiger partial charge in [-0.25, -0.2) is 4.79 Å². The average Bonchev–Trinajstić information content (AvgIpc) is 2.05. The van der Waals surface area contributed by atoms with Crippen molar-refractivity contribution in [2.24, 2.45) is 0 Å². The van der Waals surface area contributed by atoms with Gasteiger partial charge in [0.15, 0.2) is 0 Å². The second-order valence-corrected chi connectivity index (χ2v) is 2.94. The molecule has 0 heterocycles. The predicted octanol–water partition coefficient (Wildman–Crippen LogP) is 0.564. The fourth-order valence-electron chi connectivity index (χ4n) is 0.900. The van der Waals surface area contributed by atoms with Crippen LogP contribution in [-0.2, 0) is 14.3 Å². The second-order valence-electron chi connectivity index (χ2n) is 2.94. The molecular formula is C9H19NO3. The van der Waals surface area contributed by atoms with E-state index in [0.717, 1.165) is 13.0 Å². The highest BCUT2D eigenvalue weighted by Gasteiger charge is 2.07. The third-order valence-corrected chi connectivity index (χ3v) is 1.45. The van der Waals surface area contributed by atoms with Crippen LogP contribution in [0.3, 0.4) is 0 Å². The van der Waals surface area contributed by atoms with E-state index >= 15 is 0 Å². The summed E-state index contributed by atoms with van der Waals surface area (Å²) in [4.78, 5) is 10.9. The molecule has 0 bridgehead atoms.